The molecule has 0 radical (unpaired) electrons. The number of hydrogen-bond donors (Lipinski definition) is 4. The van der Waals surface area contributed by atoms with Gasteiger partial charge in [0.1, 0.15) is 0 Å². The standard InChI is InChI=1S/C13H11FN2O5/c14-9-3-2-8(5-10(9)16(20)21)15-6-7-1-4-11(17)13(19)12(7)18/h1-5,15,17-19H,6H2. The minimum atomic E-state index is -0.948. The number of nitrogens with one attached hydrogen (secondary N) is 1. The molecule has 110 valence electrons. The van der Waals surface area contributed by atoms with E-state index in [1.807, 2.05) is 0 Å². The molecule has 2 aromatic rings. The fourth-order valence-corrected chi connectivity index (χ4v) is 1.71. The maximum absolute atomic E-state index is 13.2. The van der Waals surface area contributed by atoms with Crippen LogP contribution in [-0.2, 0) is 6.54 Å². The molecule has 0 spiro atoms. The van der Waals surface area contributed by atoms with Gasteiger partial charge in [-0.25, -0.2) is 0 Å². The summed E-state index contributed by atoms with van der Waals surface area (Å²) >= 11 is 0. The number of nitrogens with zero attached hydrogens (tertiary/aromatic N) is 1. The van der Waals surface area contributed by atoms with E-state index in [2.05, 4.69) is 5.32 Å². The second kappa shape index (κ2) is 5.53. The number of phenolic OH excluding ortho intramolecular Hbond substituents is 3. The van der Waals surface area contributed by atoms with E-state index in [0.29, 0.717) is 0 Å². The van der Waals surface area contributed by atoms with E-state index in [0.717, 1.165) is 12.1 Å². The summed E-state index contributed by atoms with van der Waals surface area (Å²) in [6.45, 7) is 0.0163. The molecule has 0 fully saturated rings. The van der Waals surface area contributed by atoms with Crippen molar-refractivity contribution < 1.29 is 24.6 Å². The smallest absolute Gasteiger partial charge is 0.306 e. The van der Waals surface area contributed by atoms with E-state index in [4.69, 9.17) is 0 Å². The molecule has 0 aliphatic rings. The Morgan fingerprint density at radius 2 is 1.86 bits per heavy atom. The first kappa shape index (κ1) is 14.4. The first-order chi connectivity index (χ1) is 9.90. The second-order valence-corrected chi connectivity index (χ2v) is 4.22. The van der Waals surface area contributed by atoms with Gasteiger partial charge in [0, 0.05) is 23.9 Å². The molecule has 8 heteroatoms. The highest BCUT2D eigenvalue weighted by molar-refractivity contribution is 5.56. The molecular weight excluding hydrogens is 283 g/mol. The van der Waals surface area contributed by atoms with Gasteiger partial charge in [-0.3, -0.25) is 10.1 Å². The van der Waals surface area contributed by atoms with Crippen LogP contribution in [0.3, 0.4) is 0 Å². The number of anilines is 1. The van der Waals surface area contributed by atoms with Crippen molar-refractivity contribution in [3.05, 3.63) is 51.8 Å². The van der Waals surface area contributed by atoms with E-state index in [1.54, 1.807) is 0 Å². The maximum atomic E-state index is 13.2. The van der Waals surface area contributed by atoms with Gasteiger partial charge in [-0.15, -0.1) is 0 Å². The molecule has 0 amide bonds. The lowest BCUT2D eigenvalue weighted by Crippen LogP contribution is -2.01. The fraction of sp³-hybridized carbons (Fsp3) is 0.0769. The highest BCUT2D eigenvalue weighted by atomic mass is 19.1. The maximum Gasteiger partial charge on any atom is 0.306 e. The molecule has 0 unspecified atom stereocenters. The molecule has 7 nitrogen and oxygen atoms in total. The second-order valence-electron chi connectivity index (χ2n) is 4.22. The summed E-state index contributed by atoms with van der Waals surface area (Å²) in [7, 11) is 0. The van der Waals surface area contributed by atoms with Crippen LogP contribution < -0.4 is 5.32 Å². The summed E-state index contributed by atoms with van der Waals surface area (Å²) in [5, 5.41) is 41.6. The highest BCUT2D eigenvalue weighted by Gasteiger charge is 2.15. The highest BCUT2D eigenvalue weighted by Crippen LogP contribution is 2.37. The van der Waals surface area contributed by atoms with Crippen molar-refractivity contribution in [1.29, 1.82) is 0 Å². The van der Waals surface area contributed by atoms with Crippen LogP contribution in [0.5, 0.6) is 17.2 Å². The number of phenols is 3. The quantitative estimate of drug-likeness (QED) is 0.391. The Morgan fingerprint density at radius 1 is 1.14 bits per heavy atom. The largest absolute Gasteiger partial charge is 0.504 e. The average Bonchev–Trinajstić information content (AvgIpc) is 2.45. The van der Waals surface area contributed by atoms with Crippen LogP contribution in [-0.4, -0.2) is 20.2 Å². The molecule has 0 saturated heterocycles. The molecule has 0 heterocycles. The van der Waals surface area contributed by atoms with Crippen molar-refractivity contribution in [2.45, 2.75) is 6.54 Å². The molecule has 2 aromatic carbocycles. The van der Waals surface area contributed by atoms with Crippen molar-refractivity contribution >= 4 is 11.4 Å². The van der Waals surface area contributed by atoms with Gasteiger partial charge in [-0.1, -0.05) is 0 Å². The van der Waals surface area contributed by atoms with E-state index < -0.39 is 33.7 Å². The molecule has 2 rings (SSSR count). The Kier molecular flexibility index (Phi) is 3.79. The van der Waals surface area contributed by atoms with E-state index in [9.17, 15) is 29.8 Å². The lowest BCUT2D eigenvalue weighted by Gasteiger charge is -2.10. The van der Waals surface area contributed by atoms with Crippen LogP contribution in [0.15, 0.2) is 30.3 Å². The molecule has 0 bridgehead atoms. The summed E-state index contributed by atoms with van der Waals surface area (Å²) in [4.78, 5) is 9.78. The van der Waals surface area contributed by atoms with Gasteiger partial charge < -0.3 is 20.6 Å². The topological polar surface area (TPSA) is 116 Å². The first-order valence-electron chi connectivity index (χ1n) is 5.80. The van der Waals surface area contributed by atoms with Crippen LogP contribution in [0.2, 0.25) is 0 Å². The van der Waals surface area contributed by atoms with Gasteiger partial charge in [0.05, 0.1) is 4.92 Å². The lowest BCUT2D eigenvalue weighted by atomic mass is 10.1. The molecule has 4 N–H and O–H groups in total. The van der Waals surface area contributed by atoms with Crippen LogP contribution in [0.4, 0.5) is 15.8 Å². The molecule has 0 aliphatic carbocycles. The monoisotopic (exact) mass is 294 g/mol. The number of nitro groups is 1. The zero-order chi connectivity index (χ0) is 15.6. The van der Waals surface area contributed by atoms with Crippen molar-refractivity contribution in [3.63, 3.8) is 0 Å². The van der Waals surface area contributed by atoms with Gasteiger partial charge >= 0.3 is 5.69 Å². The van der Waals surface area contributed by atoms with Crippen LogP contribution in [0.1, 0.15) is 5.56 Å². The predicted molar refractivity (Wildman–Crippen MR) is 71.8 cm³/mol. The first-order valence-corrected chi connectivity index (χ1v) is 5.80. The molecule has 0 aliphatic heterocycles. The minimum absolute atomic E-state index is 0.0163. The normalized spacial score (nSPS) is 10.3. The van der Waals surface area contributed by atoms with Gasteiger partial charge in [0.25, 0.3) is 0 Å². The SMILES string of the molecule is O=[N+]([O-])c1cc(NCc2ccc(O)c(O)c2O)ccc1F. The van der Waals surface area contributed by atoms with Crippen LogP contribution >= 0.6 is 0 Å². The summed E-state index contributed by atoms with van der Waals surface area (Å²) in [6, 6.07) is 5.84. The summed E-state index contributed by atoms with van der Waals surface area (Å²) in [5.74, 6) is -2.57. The van der Waals surface area contributed by atoms with E-state index >= 15 is 0 Å². The molecule has 21 heavy (non-hydrogen) atoms. The van der Waals surface area contributed by atoms with Crippen molar-refractivity contribution in [2.75, 3.05) is 5.32 Å². The number of aromatic hydroxyl groups is 3. The van der Waals surface area contributed by atoms with Gasteiger partial charge in [-0.2, -0.15) is 4.39 Å². The van der Waals surface area contributed by atoms with E-state index in [-0.39, 0.29) is 17.8 Å². The molecule has 0 aromatic heterocycles. The third-order valence-electron chi connectivity index (χ3n) is 2.84. The summed E-state index contributed by atoms with van der Waals surface area (Å²) in [6.07, 6.45) is 0. The fourth-order valence-electron chi connectivity index (χ4n) is 1.71. The number of rotatable bonds is 4. The van der Waals surface area contributed by atoms with E-state index in [1.165, 1.54) is 18.2 Å². The number of halogens is 1. The number of benzene rings is 2. The summed E-state index contributed by atoms with van der Waals surface area (Å²) < 4.78 is 13.2. The lowest BCUT2D eigenvalue weighted by molar-refractivity contribution is -0.387. The van der Waals surface area contributed by atoms with Gasteiger partial charge in [0.15, 0.2) is 11.5 Å². The Balaban J connectivity index is 2.19. The predicted octanol–water partition coefficient (Wildman–Crippen LogP) is 2.46. The third kappa shape index (κ3) is 2.94. The van der Waals surface area contributed by atoms with Crippen LogP contribution in [0, 0.1) is 15.9 Å². The van der Waals surface area contributed by atoms with Gasteiger partial charge in [-0.05, 0) is 24.3 Å². The van der Waals surface area contributed by atoms with Gasteiger partial charge in [0.2, 0.25) is 11.6 Å². The Hall–Kier alpha value is -3.03. The Morgan fingerprint density at radius 3 is 2.52 bits per heavy atom. The number of nitro benzene ring substituents is 1. The zero-order valence-corrected chi connectivity index (χ0v) is 10.6. The third-order valence-corrected chi connectivity index (χ3v) is 2.84. The van der Waals surface area contributed by atoms with Crippen molar-refractivity contribution in [1.82, 2.24) is 0 Å². The average molecular weight is 294 g/mol. The van der Waals surface area contributed by atoms with Crippen molar-refractivity contribution in [3.8, 4) is 17.2 Å². The Labute approximate surface area is 118 Å². The van der Waals surface area contributed by atoms with Crippen LogP contribution in [0.25, 0.3) is 0 Å². The molecule has 0 atom stereocenters. The zero-order valence-electron chi connectivity index (χ0n) is 10.6. The summed E-state index contributed by atoms with van der Waals surface area (Å²) in [5.41, 5.74) is -0.134. The number of hydrogen-bond acceptors (Lipinski definition) is 6. The minimum Gasteiger partial charge on any atom is -0.504 e. The Bertz CT molecular complexity index is 705. The van der Waals surface area contributed by atoms with Crippen molar-refractivity contribution in [2.24, 2.45) is 0 Å². The molecular formula is C13H11FN2O5. The molecule has 0 saturated carbocycles.